The maximum absolute atomic E-state index is 9.73. The van der Waals surface area contributed by atoms with Crippen molar-refractivity contribution >= 4 is 0 Å². The predicted molar refractivity (Wildman–Crippen MR) is 36.6 cm³/mol. The zero-order valence-electron chi connectivity index (χ0n) is 6.34. The summed E-state index contributed by atoms with van der Waals surface area (Å²) in [5.41, 5.74) is -1.34. The van der Waals surface area contributed by atoms with E-state index in [0.29, 0.717) is 0 Å². The smallest absolute Gasteiger partial charge is 0.294 e. The summed E-state index contributed by atoms with van der Waals surface area (Å²) in [4.78, 5) is 13.7. The molecular weight excluding hydrogens is 170 g/mol. The predicted octanol–water partition coefficient (Wildman–Crippen LogP) is -1.84. The Balaban J connectivity index is 4.01. The highest BCUT2D eigenvalue weighted by molar-refractivity contribution is 4.75. The van der Waals surface area contributed by atoms with Gasteiger partial charge < -0.3 is 20.2 Å². The van der Waals surface area contributed by atoms with E-state index in [9.17, 15) is 10.1 Å². The van der Waals surface area contributed by atoms with E-state index in [2.05, 4.69) is 4.84 Å². The molecule has 0 saturated carbocycles. The van der Waals surface area contributed by atoms with Crippen LogP contribution in [-0.2, 0) is 4.84 Å². The first-order valence-electron chi connectivity index (χ1n) is 3.20. The van der Waals surface area contributed by atoms with Crippen LogP contribution in [0.15, 0.2) is 0 Å². The monoisotopic (exact) mass is 181 g/mol. The van der Waals surface area contributed by atoms with Gasteiger partial charge in [0, 0.05) is 0 Å². The van der Waals surface area contributed by atoms with Crippen molar-refractivity contribution in [3.05, 3.63) is 10.1 Å². The van der Waals surface area contributed by atoms with Crippen molar-refractivity contribution in [3.8, 4) is 0 Å². The highest BCUT2D eigenvalue weighted by Gasteiger charge is 2.29. The molecule has 0 saturated heterocycles. The fourth-order valence-corrected chi connectivity index (χ4v) is 0.477. The molecule has 0 bridgehead atoms. The van der Waals surface area contributed by atoms with Crippen LogP contribution < -0.4 is 0 Å². The minimum atomic E-state index is -1.34. The topological polar surface area (TPSA) is 113 Å². The van der Waals surface area contributed by atoms with Crippen LogP contribution in [0.3, 0.4) is 0 Å². The third kappa shape index (κ3) is 2.99. The molecule has 0 atom stereocenters. The van der Waals surface area contributed by atoms with Gasteiger partial charge in [-0.15, -0.1) is 10.1 Å². The van der Waals surface area contributed by atoms with Crippen LogP contribution >= 0.6 is 0 Å². The molecule has 12 heavy (non-hydrogen) atoms. The second-order valence-corrected chi connectivity index (χ2v) is 2.47. The molecule has 0 spiro atoms. The summed E-state index contributed by atoms with van der Waals surface area (Å²) in [6, 6.07) is 0. The lowest BCUT2D eigenvalue weighted by Crippen LogP contribution is -2.39. The van der Waals surface area contributed by atoms with Crippen molar-refractivity contribution in [2.75, 3.05) is 26.4 Å². The minimum absolute atomic E-state index is 0.524. The Morgan fingerprint density at radius 2 is 1.67 bits per heavy atom. The summed E-state index contributed by atoms with van der Waals surface area (Å²) in [5.74, 6) is 0. The van der Waals surface area contributed by atoms with E-state index in [1.807, 2.05) is 0 Å². The largest absolute Gasteiger partial charge is 0.396 e. The molecule has 0 aromatic rings. The van der Waals surface area contributed by atoms with Crippen LogP contribution in [0, 0.1) is 15.5 Å². The summed E-state index contributed by atoms with van der Waals surface area (Å²) in [6.45, 7) is -2.25. The highest BCUT2D eigenvalue weighted by Crippen LogP contribution is 2.14. The lowest BCUT2D eigenvalue weighted by Gasteiger charge is -2.25. The molecule has 0 unspecified atom stereocenters. The number of aliphatic hydroxyl groups is 3. The first kappa shape index (κ1) is 11.1. The Morgan fingerprint density at radius 3 is 1.92 bits per heavy atom. The molecule has 3 N–H and O–H groups in total. The average molecular weight is 181 g/mol. The van der Waals surface area contributed by atoms with Crippen molar-refractivity contribution in [3.63, 3.8) is 0 Å². The first-order chi connectivity index (χ1) is 5.60. The molecular formula is C5H11NO6. The third-order valence-electron chi connectivity index (χ3n) is 1.48. The van der Waals surface area contributed by atoms with Gasteiger partial charge in [-0.25, -0.2) is 0 Å². The van der Waals surface area contributed by atoms with E-state index in [0.717, 1.165) is 0 Å². The summed E-state index contributed by atoms with van der Waals surface area (Å²) >= 11 is 0. The van der Waals surface area contributed by atoms with Gasteiger partial charge in [-0.1, -0.05) is 0 Å². The van der Waals surface area contributed by atoms with E-state index < -0.39 is 36.9 Å². The summed E-state index contributed by atoms with van der Waals surface area (Å²) in [5, 5.41) is 34.7. The molecule has 0 rings (SSSR count). The summed E-state index contributed by atoms with van der Waals surface area (Å²) in [7, 11) is 0. The van der Waals surface area contributed by atoms with E-state index >= 15 is 0 Å². The molecule has 72 valence electrons. The molecule has 0 aliphatic rings. The minimum Gasteiger partial charge on any atom is -0.396 e. The fourth-order valence-electron chi connectivity index (χ4n) is 0.477. The van der Waals surface area contributed by atoms with Gasteiger partial charge >= 0.3 is 0 Å². The van der Waals surface area contributed by atoms with Crippen molar-refractivity contribution in [2.45, 2.75) is 0 Å². The number of aliphatic hydroxyl groups excluding tert-OH is 3. The van der Waals surface area contributed by atoms with Crippen molar-refractivity contribution < 1.29 is 25.2 Å². The molecule has 0 aliphatic heterocycles. The van der Waals surface area contributed by atoms with Crippen LogP contribution in [0.25, 0.3) is 0 Å². The lowest BCUT2D eigenvalue weighted by molar-refractivity contribution is -0.761. The van der Waals surface area contributed by atoms with Crippen molar-refractivity contribution in [1.82, 2.24) is 0 Å². The normalized spacial score (nSPS) is 11.2. The van der Waals surface area contributed by atoms with E-state index in [-0.39, 0.29) is 0 Å². The highest BCUT2D eigenvalue weighted by atomic mass is 16.9. The molecule has 7 nitrogen and oxygen atoms in total. The number of rotatable bonds is 6. The summed E-state index contributed by atoms with van der Waals surface area (Å²) < 4.78 is 0. The lowest BCUT2D eigenvalue weighted by atomic mass is 9.93. The standard InChI is InChI=1S/C5H11NO6/c7-1-5(2-8,3-9)4-12-6(10)11/h7-9H,1-4H2. The van der Waals surface area contributed by atoms with Gasteiger partial charge in [0.15, 0.2) is 0 Å². The summed E-state index contributed by atoms with van der Waals surface area (Å²) in [6.07, 6.45) is 0. The SMILES string of the molecule is O=[N+]([O-])OCC(CO)(CO)CO. The van der Waals surface area contributed by atoms with E-state index in [4.69, 9.17) is 15.3 Å². The zero-order chi connectivity index (χ0) is 9.61. The molecule has 0 fully saturated rings. The van der Waals surface area contributed by atoms with Crippen LogP contribution in [0.1, 0.15) is 0 Å². The maximum atomic E-state index is 9.73. The van der Waals surface area contributed by atoms with Gasteiger partial charge in [0.25, 0.3) is 5.09 Å². The molecule has 7 heteroatoms. The van der Waals surface area contributed by atoms with Crippen LogP contribution in [-0.4, -0.2) is 46.8 Å². The second-order valence-electron chi connectivity index (χ2n) is 2.47. The molecule has 0 aliphatic carbocycles. The van der Waals surface area contributed by atoms with Gasteiger partial charge in [-0.2, -0.15) is 0 Å². The molecule has 0 radical (unpaired) electrons. The number of hydrogen-bond acceptors (Lipinski definition) is 6. The van der Waals surface area contributed by atoms with E-state index in [1.165, 1.54) is 0 Å². The van der Waals surface area contributed by atoms with Gasteiger partial charge in [0.2, 0.25) is 0 Å². The van der Waals surface area contributed by atoms with Crippen molar-refractivity contribution in [1.29, 1.82) is 0 Å². The van der Waals surface area contributed by atoms with Crippen LogP contribution in [0.4, 0.5) is 0 Å². The Hall–Kier alpha value is -0.920. The quantitative estimate of drug-likeness (QED) is 0.327. The Kier molecular flexibility index (Phi) is 4.49. The fraction of sp³-hybridized carbons (Fsp3) is 1.00. The number of nitrogens with zero attached hydrogens (tertiary/aromatic N) is 1. The van der Waals surface area contributed by atoms with Crippen LogP contribution in [0.5, 0.6) is 0 Å². The average Bonchev–Trinajstić information content (AvgIpc) is 2.08. The molecule has 0 heterocycles. The van der Waals surface area contributed by atoms with Gasteiger partial charge in [0.05, 0.1) is 25.2 Å². The zero-order valence-corrected chi connectivity index (χ0v) is 6.34. The Labute approximate surface area is 68.3 Å². The Bertz CT molecular complexity index is 137. The van der Waals surface area contributed by atoms with Gasteiger partial charge in [-0.05, 0) is 0 Å². The molecule has 0 amide bonds. The molecule has 0 aromatic heterocycles. The van der Waals surface area contributed by atoms with Gasteiger partial charge in [-0.3, -0.25) is 0 Å². The van der Waals surface area contributed by atoms with Crippen LogP contribution in [0.2, 0.25) is 0 Å². The number of hydrogen-bond donors (Lipinski definition) is 3. The third-order valence-corrected chi connectivity index (χ3v) is 1.48. The molecule has 0 aromatic carbocycles. The maximum Gasteiger partial charge on any atom is 0.294 e. The second kappa shape index (κ2) is 4.86. The van der Waals surface area contributed by atoms with Gasteiger partial charge in [0.1, 0.15) is 6.61 Å². The van der Waals surface area contributed by atoms with Crippen molar-refractivity contribution in [2.24, 2.45) is 5.41 Å². The van der Waals surface area contributed by atoms with E-state index in [1.54, 1.807) is 0 Å². The first-order valence-corrected chi connectivity index (χ1v) is 3.20. The Morgan fingerprint density at radius 1 is 1.25 bits per heavy atom.